The summed E-state index contributed by atoms with van der Waals surface area (Å²) in [7, 11) is 0. The lowest BCUT2D eigenvalue weighted by molar-refractivity contribution is -0.133. The van der Waals surface area contributed by atoms with Crippen molar-refractivity contribution in [2.45, 2.75) is 51.5 Å². The minimum absolute atomic E-state index is 0.349. The molecule has 0 saturated carbocycles. The second-order valence-electron chi connectivity index (χ2n) is 5.93. The molecule has 1 amide bonds. The Bertz CT molecular complexity index is 271. The highest BCUT2D eigenvalue weighted by Crippen LogP contribution is 2.12. The van der Waals surface area contributed by atoms with E-state index in [2.05, 4.69) is 22.0 Å². The van der Waals surface area contributed by atoms with Crippen molar-refractivity contribution < 1.29 is 4.79 Å². The lowest BCUT2D eigenvalue weighted by Gasteiger charge is -2.38. The number of rotatable bonds is 5. The van der Waals surface area contributed by atoms with Crippen molar-refractivity contribution in [1.82, 2.24) is 15.1 Å². The molecule has 0 aromatic heterocycles. The molecule has 2 aliphatic heterocycles. The van der Waals surface area contributed by atoms with E-state index in [0.717, 1.165) is 39.1 Å². The third-order valence-electron chi connectivity index (χ3n) is 4.33. The van der Waals surface area contributed by atoms with Crippen LogP contribution in [0.1, 0.15) is 45.4 Å². The van der Waals surface area contributed by atoms with Crippen LogP contribution in [0.3, 0.4) is 0 Å². The Morgan fingerprint density at radius 3 is 2.32 bits per heavy atom. The van der Waals surface area contributed by atoms with Gasteiger partial charge in [0.15, 0.2) is 0 Å². The number of carbonyl (C=O) groups excluding carboxylic acids is 1. The molecule has 19 heavy (non-hydrogen) atoms. The van der Waals surface area contributed by atoms with E-state index in [1.54, 1.807) is 0 Å². The van der Waals surface area contributed by atoms with Gasteiger partial charge in [0.1, 0.15) is 0 Å². The summed E-state index contributed by atoms with van der Waals surface area (Å²) in [6.45, 7) is 7.91. The Hall–Kier alpha value is -0.610. The maximum absolute atomic E-state index is 12.5. The van der Waals surface area contributed by atoms with Gasteiger partial charge in [0.05, 0.1) is 6.54 Å². The van der Waals surface area contributed by atoms with Gasteiger partial charge >= 0.3 is 0 Å². The van der Waals surface area contributed by atoms with Crippen LogP contribution in [0, 0.1) is 0 Å². The fourth-order valence-electron chi connectivity index (χ4n) is 2.98. The van der Waals surface area contributed by atoms with Crippen LogP contribution in [0.4, 0.5) is 0 Å². The number of nitrogens with zero attached hydrogens (tertiary/aromatic N) is 2. The van der Waals surface area contributed by atoms with Crippen molar-refractivity contribution in [1.29, 1.82) is 0 Å². The van der Waals surface area contributed by atoms with Crippen LogP contribution in [0.2, 0.25) is 0 Å². The van der Waals surface area contributed by atoms with Crippen LogP contribution in [0.25, 0.3) is 0 Å². The van der Waals surface area contributed by atoms with Crippen LogP contribution >= 0.6 is 0 Å². The predicted molar refractivity (Wildman–Crippen MR) is 78.2 cm³/mol. The molecule has 2 fully saturated rings. The predicted octanol–water partition coefficient (Wildman–Crippen LogP) is 1.46. The highest BCUT2D eigenvalue weighted by atomic mass is 16.2. The molecule has 0 aliphatic carbocycles. The number of hydrogen-bond acceptors (Lipinski definition) is 3. The molecule has 0 aromatic carbocycles. The van der Waals surface area contributed by atoms with Crippen LogP contribution in [0.5, 0.6) is 0 Å². The first-order chi connectivity index (χ1) is 9.31. The average Bonchev–Trinajstić information content (AvgIpc) is 2.25. The second-order valence-corrected chi connectivity index (χ2v) is 5.93. The number of hydrogen-bond donors (Lipinski definition) is 1. The van der Waals surface area contributed by atoms with E-state index in [-0.39, 0.29) is 0 Å². The Kier molecular flexibility index (Phi) is 6.11. The SMILES string of the molecule is CCCN(CC(=O)N1CCCCCCC1)C1CNC1. The second kappa shape index (κ2) is 7.85. The van der Waals surface area contributed by atoms with E-state index in [1.165, 1.54) is 32.1 Å². The van der Waals surface area contributed by atoms with Gasteiger partial charge in [-0.05, 0) is 25.8 Å². The van der Waals surface area contributed by atoms with Gasteiger partial charge in [-0.15, -0.1) is 0 Å². The summed E-state index contributed by atoms with van der Waals surface area (Å²) in [5, 5.41) is 3.30. The van der Waals surface area contributed by atoms with Crippen molar-refractivity contribution in [2.75, 3.05) is 39.3 Å². The minimum Gasteiger partial charge on any atom is -0.342 e. The summed E-state index contributed by atoms with van der Waals surface area (Å²) in [6.07, 6.45) is 7.42. The zero-order valence-electron chi connectivity index (χ0n) is 12.4. The minimum atomic E-state index is 0.349. The maximum atomic E-state index is 12.5. The molecule has 2 rings (SSSR count). The zero-order valence-corrected chi connectivity index (χ0v) is 12.4. The molecule has 0 unspecified atom stereocenters. The average molecular weight is 267 g/mol. The van der Waals surface area contributed by atoms with Crippen molar-refractivity contribution in [3.63, 3.8) is 0 Å². The molecule has 110 valence electrons. The van der Waals surface area contributed by atoms with Gasteiger partial charge in [0.2, 0.25) is 5.91 Å². The summed E-state index contributed by atoms with van der Waals surface area (Å²) in [4.78, 5) is 16.9. The summed E-state index contributed by atoms with van der Waals surface area (Å²) in [6, 6.07) is 0.582. The van der Waals surface area contributed by atoms with Gasteiger partial charge in [-0.3, -0.25) is 9.69 Å². The van der Waals surface area contributed by atoms with Gasteiger partial charge in [-0.1, -0.05) is 26.2 Å². The number of likely N-dealkylation sites (tertiary alicyclic amines) is 1. The molecular formula is C15H29N3O. The van der Waals surface area contributed by atoms with Crippen LogP contribution < -0.4 is 5.32 Å². The van der Waals surface area contributed by atoms with E-state index in [4.69, 9.17) is 0 Å². The number of amides is 1. The first-order valence-corrected chi connectivity index (χ1v) is 8.04. The molecule has 0 atom stereocenters. The van der Waals surface area contributed by atoms with Crippen LogP contribution in [0.15, 0.2) is 0 Å². The molecule has 4 nitrogen and oxygen atoms in total. The van der Waals surface area contributed by atoms with Crippen molar-refractivity contribution in [3.8, 4) is 0 Å². The Labute approximate surface area is 117 Å². The Balaban J connectivity index is 1.82. The smallest absolute Gasteiger partial charge is 0.236 e. The van der Waals surface area contributed by atoms with E-state index in [1.807, 2.05) is 0 Å². The van der Waals surface area contributed by atoms with Gasteiger partial charge in [0.25, 0.3) is 0 Å². The van der Waals surface area contributed by atoms with Gasteiger partial charge < -0.3 is 10.2 Å². The molecule has 2 aliphatic rings. The van der Waals surface area contributed by atoms with E-state index in [9.17, 15) is 4.79 Å². The van der Waals surface area contributed by atoms with Crippen LogP contribution in [-0.4, -0.2) is 61.0 Å². The van der Waals surface area contributed by atoms with Crippen molar-refractivity contribution in [3.05, 3.63) is 0 Å². The van der Waals surface area contributed by atoms with Gasteiger partial charge in [0, 0.05) is 32.2 Å². The topological polar surface area (TPSA) is 35.6 Å². The Morgan fingerprint density at radius 1 is 1.16 bits per heavy atom. The standard InChI is InChI=1S/C15H29N3O/c1-2-8-18(14-11-16-12-14)13-15(19)17-9-6-4-3-5-7-10-17/h14,16H,2-13H2,1H3. The van der Waals surface area contributed by atoms with Crippen molar-refractivity contribution >= 4 is 5.91 Å². The Morgan fingerprint density at radius 2 is 1.79 bits per heavy atom. The van der Waals surface area contributed by atoms with Gasteiger partial charge in [-0.25, -0.2) is 0 Å². The zero-order chi connectivity index (χ0) is 13.5. The number of carbonyl (C=O) groups is 1. The third kappa shape index (κ3) is 4.46. The molecule has 2 saturated heterocycles. The quantitative estimate of drug-likeness (QED) is 0.819. The summed E-state index contributed by atoms with van der Waals surface area (Å²) in [5.41, 5.74) is 0. The lowest BCUT2D eigenvalue weighted by Crippen LogP contribution is -2.59. The highest BCUT2D eigenvalue weighted by molar-refractivity contribution is 5.78. The fraction of sp³-hybridized carbons (Fsp3) is 0.933. The largest absolute Gasteiger partial charge is 0.342 e. The highest BCUT2D eigenvalue weighted by Gasteiger charge is 2.27. The lowest BCUT2D eigenvalue weighted by atomic mass is 10.1. The molecule has 0 radical (unpaired) electrons. The first kappa shape index (κ1) is 14.8. The molecule has 1 N–H and O–H groups in total. The molecular weight excluding hydrogens is 238 g/mol. The monoisotopic (exact) mass is 267 g/mol. The molecule has 4 heteroatoms. The molecule has 0 spiro atoms. The van der Waals surface area contributed by atoms with Crippen LogP contribution in [-0.2, 0) is 4.79 Å². The first-order valence-electron chi connectivity index (χ1n) is 8.04. The number of nitrogens with one attached hydrogen (secondary N) is 1. The van der Waals surface area contributed by atoms with E-state index < -0.39 is 0 Å². The molecule has 0 bridgehead atoms. The molecule has 2 heterocycles. The third-order valence-corrected chi connectivity index (χ3v) is 4.33. The maximum Gasteiger partial charge on any atom is 0.236 e. The fourth-order valence-corrected chi connectivity index (χ4v) is 2.98. The summed E-state index contributed by atoms with van der Waals surface area (Å²) >= 11 is 0. The normalized spacial score (nSPS) is 21.9. The van der Waals surface area contributed by atoms with Gasteiger partial charge in [-0.2, -0.15) is 0 Å². The van der Waals surface area contributed by atoms with E-state index in [0.29, 0.717) is 18.5 Å². The van der Waals surface area contributed by atoms with E-state index >= 15 is 0 Å². The summed E-state index contributed by atoms with van der Waals surface area (Å²) in [5.74, 6) is 0.349. The molecule has 0 aromatic rings. The van der Waals surface area contributed by atoms with Crippen molar-refractivity contribution in [2.24, 2.45) is 0 Å². The summed E-state index contributed by atoms with van der Waals surface area (Å²) < 4.78 is 0.